The second kappa shape index (κ2) is 45.4. The third kappa shape index (κ3) is 30.4. The summed E-state index contributed by atoms with van der Waals surface area (Å²) in [5.41, 5.74) is -2.00. The van der Waals surface area contributed by atoms with E-state index in [4.69, 9.17) is 48.1 Å². The summed E-state index contributed by atoms with van der Waals surface area (Å²) in [4.78, 5) is 119. The van der Waals surface area contributed by atoms with E-state index in [9.17, 15) is 94.2 Å². The fourth-order valence-electron chi connectivity index (χ4n) is 13.6. The van der Waals surface area contributed by atoms with Crippen LogP contribution < -0.4 is 59.8 Å². The molecule has 5 aromatic rings. The van der Waals surface area contributed by atoms with Crippen molar-refractivity contribution in [1.82, 2.24) is 63.7 Å². The van der Waals surface area contributed by atoms with Crippen LogP contribution in [0.4, 0.5) is 0 Å². The van der Waals surface area contributed by atoms with Crippen molar-refractivity contribution in [3.8, 4) is 0 Å². The molecule has 45 heteroatoms. The van der Waals surface area contributed by atoms with Crippen molar-refractivity contribution in [2.75, 3.05) is 119 Å². The van der Waals surface area contributed by atoms with Gasteiger partial charge in [0.2, 0.25) is 0 Å². The second-order valence-electron chi connectivity index (χ2n) is 34.9. The maximum atomic E-state index is 12.1. The first-order chi connectivity index (χ1) is 56.4. The average molecular weight is 1920 g/mol. The third-order valence-electron chi connectivity index (χ3n) is 20.3. The maximum absolute atomic E-state index is 12.1. The van der Waals surface area contributed by atoms with Gasteiger partial charge < -0.3 is 70.4 Å². The van der Waals surface area contributed by atoms with E-state index in [1.54, 1.807) is 38.1 Å². The minimum atomic E-state index is -1.32. The van der Waals surface area contributed by atoms with Crippen LogP contribution in [0.2, 0.25) is 0 Å². The Kier molecular flexibility index (Phi) is 39.4. The number of Topliss-reactive ketones (excluding diaryl/α,β-unsaturated/α-hetero) is 2. The summed E-state index contributed by atoms with van der Waals surface area (Å²) in [7, 11) is 5.15. The summed E-state index contributed by atoms with van der Waals surface area (Å²) in [6.45, 7) is 18.3. The molecule has 0 bridgehead atoms. The number of aromatic nitrogens is 10. The number of H-pyrrole nitrogens is 4. The van der Waals surface area contributed by atoms with Crippen molar-refractivity contribution >= 4 is 123 Å². The van der Waals surface area contributed by atoms with Crippen molar-refractivity contribution in [3.05, 3.63) is 141 Å². The van der Waals surface area contributed by atoms with Crippen LogP contribution in [0, 0.1) is 9.54 Å². The summed E-state index contributed by atoms with van der Waals surface area (Å²) >= 11 is 13.1. The number of nitrogens with one attached hydrogen (secondary N) is 7. The molecule has 5 fully saturated rings. The van der Waals surface area contributed by atoms with Crippen molar-refractivity contribution < 1.29 is 84.3 Å². The Morgan fingerprint density at radius 3 is 0.885 bits per heavy atom. The molecular formula is C77H127N13O24P5S2Se. The number of nitrogens with zero attached hydrogens (tertiary/aromatic N) is 6. The molecule has 10 rings (SSSR count). The number of aliphatic hydroxyl groups excluding tert-OH is 10. The van der Waals surface area contributed by atoms with Gasteiger partial charge in [-0.15, -0.1) is 52.7 Å². The zero-order valence-corrected chi connectivity index (χ0v) is 79.7. The monoisotopic (exact) mass is 1920 g/mol. The number of hydrogen-bond donors (Lipinski definition) is 17. The van der Waals surface area contributed by atoms with Gasteiger partial charge in [0.1, 0.15) is 60.4 Å². The van der Waals surface area contributed by atoms with Crippen LogP contribution in [0.15, 0.2) is 64.5 Å². The molecular weight excluding hydrogens is 1790 g/mol. The molecule has 0 saturated carbocycles. The van der Waals surface area contributed by atoms with Gasteiger partial charge in [0.05, 0.1) is 24.4 Å². The zero-order valence-electron chi connectivity index (χ0n) is 71.9. The molecule has 1 radical (unpaired) electrons. The molecule has 0 spiro atoms. The van der Waals surface area contributed by atoms with Gasteiger partial charge in [-0.05, 0) is 156 Å². The quantitative estimate of drug-likeness (QED) is 0.0133. The first-order valence-electron chi connectivity index (χ1n) is 39.4. The summed E-state index contributed by atoms with van der Waals surface area (Å²) < 4.78 is 36.2. The SMILES string of the molecule is C=P(C)(C)CC[C@H]1OC(n2cc(CC(C)=O)c(=O)[nH]c2=O)[C@H](O)[C@@H]1O.C=P(C)(C)CC[C@H]1OC(n2cc(CC(C)=O)c(=O)[nH]c2=S)[C@H](O)[C@@H]1O.C=P(C)(C)CC[C@H]1OC(n2cc(CNC)c(=O)[nH]c2=O)[C@H](O)[C@@H]1O.C=P(C)(C)CC[C@H]1OC(n2cc(CNC)c(=O)[nH]c2=S)[C@H](O)[C@@H]1O.C=P(C)(C)CC[C@H]1OC(n2cc(CNC)c(=O)nc2[Se])[C@H](O)[C@@H]1O. The molecule has 0 aromatic carbocycles. The number of ether oxygens (including phenoxy) is 5. The minimum absolute atomic E-state index is 0.0417. The van der Waals surface area contributed by atoms with Crippen LogP contribution in [-0.2, 0) is 65.7 Å². The van der Waals surface area contributed by atoms with E-state index in [0.717, 1.165) is 39.9 Å². The molecule has 0 aliphatic carbocycles. The Morgan fingerprint density at radius 2 is 0.607 bits per heavy atom. The van der Waals surface area contributed by atoms with Crippen LogP contribution in [-0.4, -0.2) is 368 Å². The number of carbonyl (C=O) groups excluding carboxylic acids is 2. The van der Waals surface area contributed by atoms with Crippen LogP contribution in [0.5, 0.6) is 0 Å². The Labute approximate surface area is 727 Å². The van der Waals surface area contributed by atoms with Crippen molar-refractivity contribution in [1.29, 1.82) is 0 Å². The molecule has 5 saturated heterocycles. The second-order valence-corrected chi connectivity index (χ2v) is 58.0. The Hall–Kier alpha value is -4.92. The molecule has 122 heavy (non-hydrogen) atoms. The zero-order chi connectivity index (χ0) is 92.1. The fourth-order valence-corrected chi connectivity index (χ4v) is 19.4. The summed E-state index contributed by atoms with van der Waals surface area (Å²) in [5.74, 6) is -0.398. The van der Waals surface area contributed by atoms with Gasteiger partial charge in [-0.3, -0.25) is 67.0 Å². The van der Waals surface area contributed by atoms with Gasteiger partial charge in [0.25, 0.3) is 22.2 Å². The van der Waals surface area contributed by atoms with E-state index >= 15 is 0 Å². The molecule has 37 nitrogen and oxygen atoms in total. The van der Waals surface area contributed by atoms with Gasteiger partial charge in [0.15, 0.2) is 34.5 Å². The molecule has 5 unspecified atom stereocenters. The normalized spacial score (nSPS) is 27.2. The van der Waals surface area contributed by atoms with Crippen LogP contribution in [0.3, 0.4) is 0 Å². The molecule has 5 aliphatic rings. The number of rotatable bonds is 30. The van der Waals surface area contributed by atoms with E-state index in [1.807, 2.05) is 0 Å². The number of carbonyl (C=O) groups is 2. The van der Waals surface area contributed by atoms with Gasteiger partial charge in [-0.25, -0.2) is 9.59 Å². The summed E-state index contributed by atoms with van der Waals surface area (Å²) in [5, 5.41) is 112. The van der Waals surface area contributed by atoms with Crippen LogP contribution in [0.1, 0.15) is 105 Å². The van der Waals surface area contributed by atoms with E-state index in [-0.39, 0.29) is 62.7 Å². The van der Waals surface area contributed by atoms with Crippen LogP contribution in [0.25, 0.3) is 0 Å². The van der Waals surface area contributed by atoms with E-state index < -0.39 is 185 Å². The van der Waals surface area contributed by atoms with E-state index in [2.05, 4.69) is 155 Å². The predicted octanol–water partition coefficient (Wildman–Crippen LogP) is -2.06. The van der Waals surface area contributed by atoms with Crippen molar-refractivity contribution in [2.45, 2.75) is 201 Å². The van der Waals surface area contributed by atoms with Crippen LogP contribution >= 0.6 is 58.9 Å². The Morgan fingerprint density at radius 1 is 0.385 bits per heavy atom. The van der Waals surface area contributed by atoms with E-state index in [0.29, 0.717) is 66.6 Å². The third-order valence-corrected chi connectivity index (χ3v) is 28.9. The first kappa shape index (κ1) is 106. The van der Waals surface area contributed by atoms with Gasteiger partial charge in [0, 0.05) is 73.0 Å². The Bertz CT molecular complexity index is 5020. The standard InChI is InChI=1S/C16H25N2O6P.C16H25N2O5PS.C15H26N3O5P.C15H26N3O4PS.C15H25N3O4PSe/c1-9(19)7-10-8-18(16(23)17-14(10)22)15-13(21)12(20)11(24-15)5-6-25(2,3)4;1-9(19)7-10-8-18(16(25)17-14(10)22)15-13(21)12(20)11(23-15)5-6-24(2,3)4;1-16-7-9-8-18(15(22)17-13(9)21)14-12(20)11(19)10(23-14)5-6-24(2,3)4;2*1-16-7-9-8-18(15(24)17-13(9)21)14-12(20)11(19)10(22-14)5-6-23(2,3)4/h8,11-13,15,20-21H,2,5-7H2,1,3-4H3,(H,17,22,23);8,11-13,15,20-21H,2,5-7H2,1,3-4H3,(H,17,22,25);8,10-12,14,16,19-20H,2,5-7H2,1,3-4H3,(H,17,21,22);8,10-12,14,16,19-20H,2,5-7H2,1,3-4H3,(H,17,21,24);8,10-12,14,16,19-20H,2,5-7H2,1,3-4H3/t2*11-,12-,13-,15?;3*10-,11-,12-,14?/m11111/s1. The molecule has 5 aromatic heterocycles. The Balaban J connectivity index is 0.000000236. The number of hydrogen-bond acceptors (Lipinski definition) is 30. The molecule has 687 valence electrons. The molecule has 10 heterocycles. The van der Waals surface area contributed by atoms with Crippen molar-refractivity contribution in [2.24, 2.45) is 0 Å². The van der Waals surface area contributed by atoms with Gasteiger partial charge in [-0.1, -0.05) is 0 Å². The van der Waals surface area contributed by atoms with Crippen molar-refractivity contribution in [3.63, 3.8) is 0 Å². The number of ketones is 2. The first-order valence-corrected chi connectivity index (χ1v) is 56.4. The number of aliphatic hydroxyl groups is 10. The number of aromatic amines is 4. The summed E-state index contributed by atoms with van der Waals surface area (Å²) in [6, 6.07) is 0. The van der Waals surface area contributed by atoms with E-state index in [1.165, 1.54) is 41.6 Å². The average Bonchev–Trinajstić information content (AvgIpc) is 1.73. The topological polar surface area (TPSA) is 539 Å². The van der Waals surface area contributed by atoms with Gasteiger partial charge in [-0.2, -0.15) is 0 Å². The summed E-state index contributed by atoms with van der Waals surface area (Å²) in [6.07, 6.45) is 16.1. The van der Waals surface area contributed by atoms with Gasteiger partial charge >= 0.3 is 161 Å². The molecule has 20 atom stereocenters. The molecule has 5 aliphatic heterocycles. The predicted molar refractivity (Wildman–Crippen MR) is 492 cm³/mol. The fraction of sp³-hybridized carbons (Fsp3) is 0.649. The molecule has 0 amide bonds. The molecule has 17 N–H and O–H groups in total.